The molecule has 0 saturated heterocycles. The van der Waals surface area contributed by atoms with Gasteiger partial charge in [0.05, 0.1) is 22.2 Å². The average Bonchev–Trinajstić information content (AvgIpc) is 3.00. The fourth-order valence-electron chi connectivity index (χ4n) is 2.87. The van der Waals surface area contributed by atoms with E-state index in [1.165, 1.54) is 0 Å². The topological polar surface area (TPSA) is 52.8 Å². The molecule has 0 fully saturated rings. The minimum absolute atomic E-state index is 0.249. The maximum atomic E-state index is 12.7. The summed E-state index contributed by atoms with van der Waals surface area (Å²) in [4.78, 5) is 25.7. The third-order valence-corrected chi connectivity index (χ3v) is 4.35. The SMILES string of the molecule is O=C(OOc1ncc(C(F)(F)F)cc1Cl)c1c2ccccc2n2ccccc12. The number of alkyl halides is 3. The Morgan fingerprint density at radius 1 is 1.07 bits per heavy atom. The Kier molecular flexibility index (Phi) is 4.35. The molecule has 0 aliphatic rings. The maximum absolute atomic E-state index is 12.7. The van der Waals surface area contributed by atoms with E-state index in [2.05, 4.69) is 4.98 Å². The van der Waals surface area contributed by atoms with Gasteiger partial charge in [-0.1, -0.05) is 35.9 Å². The monoisotopic (exact) mass is 406 g/mol. The van der Waals surface area contributed by atoms with Crippen LogP contribution in [0.4, 0.5) is 13.2 Å². The van der Waals surface area contributed by atoms with E-state index in [1.807, 2.05) is 22.6 Å². The third kappa shape index (κ3) is 3.11. The number of para-hydroxylation sites is 1. The molecule has 9 heteroatoms. The molecule has 0 aliphatic carbocycles. The molecule has 142 valence electrons. The lowest BCUT2D eigenvalue weighted by Gasteiger charge is -2.09. The number of benzene rings is 1. The second-order valence-electron chi connectivity index (χ2n) is 5.81. The molecule has 0 bridgehead atoms. The van der Waals surface area contributed by atoms with Crippen molar-refractivity contribution >= 4 is 34.0 Å². The van der Waals surface area contributed by atoms with E-state index in [0.717, 1.165) is 5.52 Å². The van der Waals surface area contributed by atoms with Crippen molar-refractivity contribution in [2.24, 2.45) is 0 Å². The molecule has 28 heavy (non-hydrogen) atoms. The first-order valence-electron chi connectivity index (χ1n) is 7.95. The second-order valence-corrected chi connectivity index (χ2v) is 6.22. The number of fused-ring (bicyclic) bond motifs is 3. The van der Waals surface area contributed by atoms with Crippen LogP contribution >= 0.6 is 11.6 Å². The predicted molar refractivity (Wildman–Crippen MR) is 95.2 cm³/mol. The first kappa shape index (κ1) is 18.1. The van der Waals surface area contributed by atoms with Gasteiger partial charge in [0, 0.05) is 17.8 Å². The summed E-state index contributed by atoms with van der Waals surface area (Å²) in [5.41, 5.74) is 0.583. The third-order valence-electron chi connectivity index (χ3n) is 4.08. The number of carbonyl (C=O) groups is 1. The Morgan fingerprint density at radius 3 is 2.54 bits per heavy atom. The Labute approximate surface area is 160 Å². The maximum Gasteiger partial charge on any atom is 0.417 e. The quantitative estimate of drug-likeness (QED) is 0.342. The molecular formula is C19H10ClF3N2O3. The zero-order chi connectivity index (χ0) is 19.9. The molecule has 4 rings (SSSR count). The van der Waals surface area contributed by atoms with Crippen molar-refractivity contribution in [3.8, 4) is 5.88 Å². The van der Waals surface area contributed by atoms with Gasteiger partial charge in [-0.15, -0.1) is 0 Å². The number of rotatable bonds is 3. The van der Waals surface area contributed by atoms with Crippen LogP contribution in [0.25, 0.3) is 16.4 Å². The Hall–Kier alpha value is -3.26. The van der Waals surface area contributed by atoms with Crippen molar-refractivity contribution in [3.63, 3.8) is 0 Å². The van der Waals surface area contributed by atoms with Crippen LogP contribution in [-0.2, 0) is 11.1 Å². The first-order chi connectivity index (χ1) is 13.4. The zero-order valence-corrected chi connectivity index (χ0v) is 14.7. The fourth-order valence-corrected chi connectivity index (χ4v) is 3.06. The Morgan fingerprint density at radius 2 is 1.79 bits per heavy atom. The van der Waals surface area contributed by atoms with E-state index >= 15 is 0 Å². The van der Waals surface area contributed by atoms with Crippen molar-refractivity contribution in [1.29, 1.82) is 0 Å². The van der Waals surface area contributed by atoms with Crippen LogP contribution in [0.5, 0.6) is 5.88 Å². The van der Waals surface area contributed by atoms with Crippen molar-refractivity contribution in [2.45, 2.75) is 6.18 Å². The van der Waals surface area contributed by atoms with Gasteiger partial charge in [0.15, 0.2) is 0 Å². The molecule has 5 nitrogen and oxygen atoms in total. The summed E-state index contributed by atoms with van der Waals surface area (Å²) in [5.74, 6) is -1.28. The Bertz CT molecular complexity index is 1150. The van der Waals surface area contributed by atoms with Gasteiger partial charge in [0.2, 0.25) is 0 Å². The normalized spacial score (nSPS) is 11.7. The summed E-state index contributed by atoms with van der Waals surface area (Å²) >= 11 is 5.75. The van der Waals surface area contributed by atoms with Crippen molar-refractivity contribution in [2.75, 3.05) is 0 Å². The average molecular weight is 407 g/mol. The first-order valence-corrected chi connectivity index (χ1v) is 8.33. The van der Waals surface area contributed by atoms with Gasteiger partial charge in [0.1, 0.15) is 5.02 Å². The lowest BCUT2D eigenvalue weighted by molar-refractivity contribution is -0.153. The Balaban J connectivity index is 1.65. The minimum atomic E-state index is -4.60. The van der Waals surface area contributed by atoms with E-state index in [4.69, 9.17) is 21.4 Å². The standard InChI is InChI=1S/C19H10ClF3N2O3/c20-13-9-11(19(21,22)23)10-24-17(13)27-28-18(26)16-12-5-1-2-6-14(12)25-8-4-3-7-15(16)25/h1-10H. The van der Waals surface area contributed by atoms with Crippen LogP contribution in [0, 0.1) is 0 Å². The molecule has 0 amide bonds. The van der Waals surface area contributed by atoms with E-state index in [-0.39, 0.29) is 5.56 Å². The number of halogens is 4. The van der Waals surface area contributed by atoms with Gasteiger partial charge in [-0.25, -0.2) is 14.7 Å². The summed E-state index contributed by atoms with van der Waals surface area (Å²) in [7, 11) is 0. The number of hydrogen-bond donors (Lipinski definition) is 0. The molecule has 3 aromatic heterocycles. The summed E-state index contributed by atoms with van der Waals surface area (Å²) < 4.78 is 39.8. The van der Waals surface area contributed by atoms with E-state index in [9.17, 15) is 18.0 Å². The van der Waals surface area contributed by atoms with Gasteiger partial charge in [0.25, 0.3) is 5.88 Å². The van der Waals surface area contributed by atoms with Crippen LogP contribution in [0.3, 0.4) is 0 Å². The lowest BCUT2D eigenvalue weighted by atomic mass is 10.1. The highest BCUT2D eigenvalue weighted by Gasteiger charge is 2.32. The number of hydrogen-bond acceptors (Lipinski definition) is 4. The molecule has 1 aromatic carbocycles. The molecule has 0 aliphatic heterocycles. The van der Waals surface area contributed by atoms with Gasteiger partial charge >= 0.3 is 12.1 Å². The van der Waals surface area contributed by atoms with E-state index in [1.54, 1.807) is 30.5 Å². The molecule has 0 radical (unpaired) electrons. The summed E-state index contributed by atoms with van der Waals surface area (Å²) in [6, 6.07) is 13.2. The number of carbonyl (C=O) groups excluding carboxylic acids is 1. The van der Waals surface area contributed by atoms with Crippen LogP contribution < -0.4 is 4.89 Å². The molecule has 0 atom stereocenters. The lowest BCUT2D eigenvalue weighted by Crippen LogP contribution is -2.11. The van der Waals surface area contributed by atoms with Crippen molar-refractivity contribution < 1.29 is 27.7 Å². The van der Waals surface area contributed by atoms with E-state index in [0.29, 0.717) is 23.2 Å². The largest absolute Gasteiger partial charge is 0.417 e. The van der Waals surface area contributed by atoms with Crippen LogP contribution in [0.1, 0.15) is 15.9 Å². The highest BCUT2D eigenvalue weighted by Crippen LogP contribution is 2.33. The second kappa shape index (κ2) is 6.72. The van der Waals surface area contributed by atoms with Gasteiger partial charge in [-0.2, -0.15) is 13.2 Å². The molecule has 4 aromatic rings. The van der Waals surface area contributed by atoms with Crippen molar-refractivity contribution in [3.05, 3.63) is 77.1 Å². The summed E-state index contributed by atoms with van der Waals surface area (Å²) in [6.45, 7) is 0. The van der Waals surface area contributed by atoms with Crippen LogP contribution in [0.15, 0.2) is 60.9 Å². The molecular weight excluding hydrogens is 397 g/mol. The minimum Gasteiger partial charge on any atom is -0.316 e. The van der Waals surface area contributed by atoms with E-state index < -0.39 is 28.6 Å². The van der Waals surface area contributed by atoms with Crippen molar-refractivity contribution in [1.82, 2.24) is 9.38 Å². The van der Waals surface area contributed by atoms with Gasteiger partial charge in [-0.3, -0.25) is 4.89 Å². The number of nitrogens with zero attached hydrogens (tertiary/aromatic N) is 2. The summed E-state index contributed by atoms with van der Waals surface area (Å²) in [6.07, 6.45) is -2.27. The molecule has 3 heterocycles. The highest BCUT2D eigenvalue weighted by atomic mass is 35.5. The smallest absolute Gasteiger partial charge is 0.316 e. The fraction of sp³-hybridized carbons (Fsp3) is 0.0526. The number of pyridine rings is 2. The van der Waals surface area contributed by atoms with Crippen LogP contribution in [-0.4, -0.2) is 15.4 Å². The molecule has 0 N–H and O–H groups in total. The summed E-state index contributed by atoms with van der Waals surface area (Å²) in [5, 5.41) is 0.197. The molecule has 0 spiro atoms. The van der Waals surface area contributed by atoms with Gasteiger partial charge in [-0.05, 0) is 24.3 Å². The number of aromatic nitrogens is 2. The van der Waals surface area contributed by atoms with Crippen LogP contribution in [0.2, 0.25) is 5.02 Å². The molecule has 0 saturated carbocycles. The zero-order valence-electron chi connectivity index (χ0n) is 13.9. The highest BCUT2D eigenvalue weighted by molar-refractivity contribution is 6.31. The van der Waals surface area contributed by atoms with Gasteiger partial charge < -0.3 is 4.40 Å². The predicted octanol–water partition coefficient (Wildman–Crippen LogP) is 5.31. The molecule has 0 unspecified atom stereocenters.